The third-order valence-corrected chi connectivity index (χ3v) is 5.98. The van der Waals surface area contributed by atoms with Crippen LogP contribution in [0.25, 0.3) is 0 Å². The molecule has 164 valence electrons. The highest BCUT2D eigenvalue weighted by atomic mass is 28.2. The van der Waals surface area contributed by atoms with E-state index in [0.717, 1.165) is 25.7 Å². The molecule has 5 heteroatoms. The number of unbranched alkanes of at least 4 members (excludes halogenated alkanes) is 16. The molecule has 0 aliphatic rings. The van der Waals surface area contributed by atoms with Crippen LogP contribution in [0.3, 0.4) is 0 Å². The molecule has 0 aliphatic carbocycles. The maximum Gasteiger partial charge on any atom is 0.330 e. The van der Waals surface area contributed by atoms with E-state index in [4.69, 9.17) is 4.74 Å². The molecule has 0 bridgehead atoms. The van der Waals surface area contributed by atoms with Gasteiger partial charge in [-0.25, -0.2) is 13.6 Å². The zero-order valence-corrected chi connectivity index (χ0v) is 18.9. The fraction of sp³-hybridized carbons (Fsp3) is 0.870. The summed E-state index contributed by atoms with van der Waals surface area (Å²) in [5.41, 5.74) is 0. The molecule has 0 N–H and O–H groups in total. The normalized spacial score (nSPS) is 11.1. The lowest BCUT2D eigenvalue weighted by molar-refractivity contribution is -0.137. The van der Waals surface area contributed by atoms with Gasteiger partial charge < -0.3 is 4.74 Å². The van der Waals surface area contributed by atoms with E-state index in [1.54, 1.807) is 0 Å². The number of ether oxygens (including phenoxy) is 1. The Morgan fingerprint density at radius 3 is 1.43 bits per heavy atom. The van der Waals surface area contributed by atoms with Crippen molar-refractivity contribution in [3.8, 4) is 0 Å². The van der Waals surface area contributed by atoms with Gasteiger partial charge in [-0.3, -0.25) is 0 Å². The van der Waals surface area contributed by atoms with Crippen molar-refractivity contribution in [3.05, 3.63) is 12.7 Å². The fourth-order valence-electron chi connectivity index (χ4n) is 3.32. The Labute approximate surface area is 174 Å². The van der Waals surface area contributed by atoms with Crippen molar-refractivity contribution in [2.75, 3.05) is 6.61 Å². The van der Waals surface area contributed by atoms with Crippen molar-refractivity contribution >= 4 is 15.5 Å². The minimum Gasteiger partial charge on any atom is -0.463 e. The van der Waals surface area contributed by atoms with Crippen LogP contribution in [0, 0.1) is 0 Å². The van der Waals surface area contributed by atoms with E-state index in [-0.39, 0.29) is 15.5 Å². The molecule has 28 heavy (non-hydrogen) atoms. The van der Waals surface area contributed by atoms with E-state index in [0.29, 0.717) is 12.7 Å². The number of hydrogen-bond donors (Lipinski definition) is 0. The molecular formula is C23H42F2O2Si. The minimum absolute atomic E-state index is 0.153. The van der Waals surface area contributed by atoms with Gasteiger partial charge in [0.2, 0.25) is 6.05 Å². The summed E-state index contributed by atoms with van der Waals surface area (Å²) in [5, 5.41) is 0. The summed E-state index contributed by atoms with van der Waals surface area (Å²) in [7, 11) is -0.153. The average Bonchev–Trinajstić information content (AvgIpc) is 2.68. The summed E-state index contributed by atoms with van der Waals surface area (Å²) in [5.74, 6) is -0.319. The van der Waals surface area contributed by atoms with Gasteiger partial charge in [-0.1, -0.05) is 115 Å². The van der Waals surface area contributed by atoms with Crippen molar-refractivity contribution in [2.24, 2.45) is 0 Å². The van der Waals surface area contributed by atoms with E-state index in [2.05, 4.69) is 6.58 Å². The second kappa shape index (κ2) is 22.6. The standard InChI is InChI=1S/C23H42F2O2Si/c1-2-22(26)27-20-18-16-14-12-10-8-6-4-3-5-7-9-11-13-15-17-19-21-28-23(24)25/h2,23H,1,3-21H2. The van der Waals surface area contributed by atoms with Crippen LogP contribution in [0.5, 0.6) is 0 Å². The lowest BCUT2D eigenvalue weighted by Crippen LogP contribution is -2.02. The first-order chi connectivity index (χ1) is 13.7. The average molecular weight is 417 g/mol. The maximum atomic E-state index is 12.0. The molecular weight excluding hydrogens is 374 g/mol. The van der Waals surface area contributed by atoms with E-state index in [1.807, 2.05) is 0 Å². The highest BCUT2D eigenvalue weighted by Gasteiger charge is 2.02. The van der Waals surface area contributed by atoms with Gasteiger partial charge in [-0.15, -0.1) is 0 Å². The van der Waals surface area contributed by atoms with Crippen LogP contribution in [0.15, 0.2) is 12.7 Å². The molecule has 0 aromatic carbocycles. The Bertz CT molecular complexity index is 351. The van der Waals surface area contributed by atoms with Crippen LogP contribution in [0.4, 0.5) is 8.78 Å². The maximum absolute atomic E-state index is 12.0. The van der Waals surface area contributed by atoms with Gasteiger partial charge in [0, 0.05) is 6.08 Å². The van der Waals surface area contributed by atoms with E-state index < -0.39 is 6.05 Å². The molecule has 0 spiro atoms. The largest absolute Gasteiger partial charge is 0.463 e. The van der Waals surface area contributed by atoms with Crippen molar-refractivity contribution in [1.82, 2.24) is 0 Å². The summed E-state index contributed by atoms with van der Waals surface area (Å²) < 4.78 is 28.9. The highest BCUT2D eigenvalue weighted by Crippen LogP contribution is 2.14. The number of halogens is 2. The molecule has 0 aromatic heterocycles. The Kier molecular flexibility index (Phi) is 22.0. The van der Waals surface area contributed by atoms with Crippen LogP contribution < -0.4 is 0 Å². The van der Waals surface area contributed by atoms with E-state index in [9.17, 15) is 13.6 Å². The first-order valence-electron chi connectivity index (χ1n) is 11.5. The smallest absolute Gasteiger partial charge is 0.330 e. The molecule has 0 atom stereocenters. The van der Waals surface area contributed by atoms with Gasteiger partial charge in [0.15, 0.2) is 0 Å². The van der Waals surface area contributed by atoms with Crippen LogP contribution in [-0.2, 0) is 9.53 Å². The van der Waals surface area contributed by atoms with Gasteiger partial charge in [0.1, 0.15) is 9.52 Å². The molecule has 2 radical (unpaired) electrons. The number of esters is 1. The first kappa shape index (κ1) is 27.3. The van der Waals surface area contributed by atoms with E-state index >= 15 is 0 Å². The number of hydrogen-bond acceptors (Lipinski definition) is 2. The van der Waals surface area contributed by atoms with Crippen molar-refractivity contribution < 1.29 is 18.3 Å². The summed E-state index contributed by atoms with van der Waals surface area (Å²) in [6, 6.07) is -1.38. The molecule has 0 rings (SSSR count). The molecule has 0 saturated carbocycles. The van der Waals surface area contributed by atoms with Crippen LogP contribution in [-0.4, -0.2) is 28.1 Å². The molecule has 0 amide bonds. The topological polar surface area (TPSA) is 26.3 Å². The van der Waals surface area contributed by atoms with Crippen LogP contribution in [0.2, 0.25) is 6.04 Å². The molecule has 0 fully saturated rings. The summed E-state index contributed by atoms with van der Waals surface area (Å²) >= 11 is 0. The van der Waals surface area contributed by atoms with Crippen LogP contribution in [0.1, 0.15) is 109 Å². The number of carbonyl (C=O) groups excluding carboxylic acids is 1. The molecule has 0 unspecified atom stereocenters. The molecule has 0 aliphatic heterocycles. The van der Waals surface area contributed by atoms with Gasteiger partial charge in [0.05, 0.1) is 6.61 Å². The van der Waals surface area contributed by atoms with Crippen molar-refractivity contribution in [3.63, 3.8) is 0 Å². The summed E-state index contributed by atoms with van der Waals surface area (Å²) in [6.45, 7) is 3.90. The predicted molar refractivity (Wildman–Crippen MR) is 116 cm³/mol. The van der Waals surface area contributed by atoms with Gasteiger partial charge in [-0.2, -0.15) is 0 Å². The third kappa shape index (κ3) is 23.3. The SMILES string of the molecule is C=CC(=O)OCCCCCCCCCCCCCCCCCCC[Si]C(F)F. The Hall–Kier alpha value is -0.713. The van der Waals surface area contributed by atoms with Gasteiger partial charge >= 0.3 is 5.97 Å². The Morgan fingerprint density at radius 1 is 0.714 bits per heavy atom. The van der Waals surface area contributed by atoms with Gasteiger partial charge in [0.25, 0.3) is 0 Å². The van der Waals surface area contributed by atoms with E-state index in [1.165, 1.54) is 89.5 Å². The lowest BCUT2D eigenvalue weighted by atomic mass is 10.0. The van der Waals surface area contributed by atoms with Crippen molar-refractivity contribution in [1.29, 1.82) is 0 Å². The second-order valence-electron chi connectivity index (χ2n) is 7.64. The zero-order valence-electron chi connectivity index (χ0n) is 17.9. The predicted octanol–water partition coefficient (Wildman–Crippen LogP) is 7.69. The summed E-state index contributed by atoms with van der Waals surface area (Å²) in [4.78, 5) is 10.9. The Balaban J connectivity index is 3.03. The molecule has 0 aromatic rings. The fourth-order valence-corrected chi connectivity index (χ4v) is 3.99. The number of rotatable bonds is 22. The number of carbonyl (C=O) groups is 1. The zero-order chi connectivity index (χ0) is 20.7. The van der Waals surface area contributed by atoms with Crippen LogP contribution >= 0.6 is 0 Å². The quantitative estimate of drug-likeness (QED) is 0.0782. The molecule has 0 heterocycles. The minimum atomic E-state index is -2.09. The summed E-state index contributed by atoms with van der Waals surface area (Å²) in [6.07, 6.45) is 22.5. The molecule has 2 nitrogen and oxygen atoms in total. The van der Waals surface area contributed by atoms with Gasteiger partial charge in [-0.05, 0) is 6.42 Å². The highest BCUT2D eigenvalue weighted by molar-refractivity contribution is 6.36. The lowest BCUT2D eigenvalue weighted by Gasteiger charge is -2.04. The van der Waals surface area contributed by atoms with Crippen molar-refractivity contribution in [2.45, 2.75) is 121 Å². The number of alkyl halides is 2. The molecule has 0 saturated heterocycles. The Morgan fingerprint density at radius 2 is 1.07 bits per heavy atom. The first-order valence-corrected chi connectivity index (χ1v) is 12.8. The monoisotopic (exact) mass is 416 g/mol. The second-order valence-corrected chi connectivity index (χ2v) is 8.98. The third-order valence-electron chi connectivity index (χ3n) is 5.03.